The Kier molecular flexibility index (Phi) is 4.69. The molecule has 25 heavy (non-hydrogen) atoms. The van der Waals surface area contributed by atoms with E-state index in [4.69, 9.17) is 0 Å². The molecule has 0 radical (unpaired) electrons. The van der Waals surface area contributed by atoms with E-state index in [0.29, 0.717) is 17.7 Å². The maximum absolute atomic E-state index is 12.4. The largest absolute Gasteiger partial charge is 0.435 e. The van der Waals surface area contributed by atoms with E-state index < -0.39 is 11.5 Å². The van der Waals surface area contributed by atoms with Crippen LogP contribution in [-0.4, -0.2) is 18.1 Å². The first kappa shape index (κ1) is 16.9. The molecule has 2 N–H and O–H groups in total. The summed E-state index contributed by atoms with van der Waals surface area (Å²) in [6.45, 7) is -0.368. The van der Waals surface area contributed by atoms with Crippen molar-refractivity contribution in [3.8, 4) is 5.75 Å². The highest BCUT2D eigenvalue weighted by atomic mass is 19.3. The zero-order valence-electron chi connectivity index (χ0n) is 13.5. The standard InChI is InChI=1S/C17H17F2N3O3/c1-10(11-3-2-4-12(9-11)25-17(18)19)21-16-13-7-8-20-14(13)5-6-15(16)22(23)24/h2-6,9-10,17,20-21H,7-8H2,1H3. The number of halogens is 2. The Labute approximate surface area is 143 Å². The molecule has 0 spiro atoms. The van der Waals surface area contributed by atoms with Gasteiger partial charge >= 0.3 is 6.61 Å². The number of hydrogen-bond donors (Lipinski definition) is 2. The average Bonchev–Trinajstić information content (AvgIpc) is 3.03. The highest BCUT2D eigenvalue weighted by Gasteiger charge is 2.25. The fraction of sp³-hybridized carbons (Fsp3) is 0.294. The van der Waals surface area contributed by atoms with Gasteiger partial charge in [-0.2, -0.15) is 8.78 Å². The molecule has 8 heteroatoms. The number of alkyl halides is 2. The number of ether oxygens (including phenoxy) is 1. The van der Waals surface area contributed by atoms with Crippen LogP contribution in [0.25, 0.3) is 0 Å². The second-order valence-corrected chi connectivity index (χ2v) is 5.74. The van der Waals surface area contributed by atoms with Crippen LogP contribution in [-0.2, 0) is 6.42 Å². The van der Waals surface area contributed by atoms with E-state index in [-0.39, 0.29) is 17.5 Å². The van der Waals surface area contributed by atoms with E-state index in [1.54, 1.807) is 18.2 Å². The van der Waals surface area contributed by atoms with Gasteiger partial charge in [-0.1, -0.05) is 12.1 Å². The maximum Gasteiger partial charge on any atom is 0.387 e. The molecule has 0 saturated heterocycles. The van der Waals surface area contributed by atoms with Gasteiger partial charge < -0.3 is 15.4 Å². The van der Waals surface area contributed by atoms with Crippen molar-refractivity contribution in [1.29, 1.82) is 0 Å². The van der Waals surface area contributed by atoms with Gasteiger partial charge in [-0.15, -0.1) is 0 Å². The number of fused-ring (bicyclic) bond motifs is 1. The molecule has 0 saturated carbocycles. The van der Waals surface area contributed by atoms with E-state index >= 15 is 0 Å². The zero-order chi connectivity index (χ0) is 18.0. The molecule has 1 heterocycles. The molecule has 0 aliphatic carbocycles. The van der Waals surface area contributed by atoms with Gasteiger partial charge in [-0.3, -0.25) is 10.1 Å². The lowest BCUT2D eigenvalue weighted by atomic mass is 10.0. The molecule has 0 aromatic heterocycles. The second kappa shape index (κ2) is 6.92. The monoisotopic (exact) mass is 349 g/mol. The molecule has 0 fully saturated rings. The topological polar surface area (TPSA) is 76.4 Å². The van der Waals surface area contributed by atoms with Crippen LogP contribution in [0.5, 0.6) is 5.75 Å². The third-order valence-electron chi connectivity index (χ3n) is 4.12. The van der Waals surface area contributed by atoms with Gasteiger partial charge in [0.05, 0.1) is 4.92 Å². The van der Waals surface area contributed by atoms with Crippen molar-refractivity contribution >= 4 is 17.1 Å². The van der Waals surface area contributed by atoms with Crippen molar-refractivity contribution in [3.05, 3.63) is 57.6 Å². The number of hydrogen-bond acceptors (Lipinski definition) is 5. The lowest BCUT2D eigenvalue weighted by Gasteiger charge is -2.19. The summed E-state index contributed by atoms with van der Waals surface area (Å²) in [5.41, 5.74) is 2.88. The van der Waals surface area contributed by atoms with E-state index in [1.807, 2.05) is 6.92 Å². The first-order valence-electron chi connectivity index (χ1n) is 7.81. The summed E-state index contributed by atoms with van der Waals surface area (Å²) in [6, 6.07) is 9.13. The lowest BCUT2D eigenvalue weighted by Crippen LogP contribution is -2.11. The van der Waals surface area contributed by atoms with Gasteiger partial charge in [-0.25, -0.2) is 0 Å². The maximum atomic E-state index is 12.4. The Morgan fingerprint density at radius 1 is 1.32 bits per heavy atom. The second-order valence-electron chi connectivity index (χ2n) is 5.74. The normalized spacial score (nSPS) is 13.9. The molecule has 132 valence electrons. The first-order chi connectivity index (χ1) is 12.0. The summed E-state index contributed by atoms with van der Waals surface area (Å²) in [6.07, 6.45) is 0.681. The van der Waals surface area contributed by atoms with Gasteiger partial charge in [0, 0.05) is 29.9 Å². The fourth-order valence-electron chi connectivity index (χ4n) is 2.96. The Bertz CT molecular complexity index is 799. The highest BCUT2D eigenvalue weighted by Crippen LogP contribution is 2.39. The van der Waals surface area contributed by atoms with E-state index in [9.17, 15) is 18.9 Å². The molecule has 3 rings (SSSR count). The van der Waals surface area contributed by atoms with Gasteiger partial charge in [0.15, 0.2) is 0 Å². The molecular formula is C17H17F2N3O3. The number of nitro benzene ring substituents is 1. The molecular weight excluding hydrogens is 332 g/mol. The van der Waals surface area contributed by atoms with Crippen molar-refractivity contribution in [2.45, 2.75) is 26.0 Å². The number of nitrogens with one attached hydrogen (secondary N) is 2. The van der Waals surface area contributed by atoms with Gasteiger partial charge in [-0.05, 0) is 37.1 Å². The molecule has 2 aromatic rings. The van der Waals surface area contributed by atoms with Crippen LogP contribution in [0.4, 0.5) is 25.8 Å². The van der Waals surface area contributed by atoms with Crippen LogP contribution in [0.15, 0.2) is 36.4 Å². The minimum atomic E-state index is -2.90. The number of nitro groups is 1. The Morgan fingerprint density at radius 2 is 2.12 bits per heavy atom. The number of rotatable bonds is 6. The number of anilines is 2. The van der Waals surface area contributed by atoms with Crippen molar-refractivity contribution in [2.75, 3.05) is 17.2 Å². The van der Waals surface area contributed by atoms with Crippen molar-refractivity contribution in [3.63, 3.8) is 0 Å². The van der Waals surface area contributed by atoms with E-state index in [1.165, 1.54) is 18.2 Å². The smallest absolute Gasteiger partial charge is 0.387 e. The first-order valence-corrected chi connectivity index (χ1v) is 7.81. The highest BCUT2D eigenvalue weighted by molar-refractivity contribution is 5.77. The summed E-state index contributed by atoms with van der Waals surface area (Å²) in [5.74, 6) is 0.0515. The summed E-state index contributed by atoms with van der Waals surface area (Å²) in [4.78, 5) is 10.9. The molecule has 1 aliphatic rings. The summed E-state index contributed by atoms with van der Waals surface area (Å²) in [7, 11) is 0. The minimum Gasteiger partial charge on any atom is -0.435 e. The Morgan fingerprint density at radius 3 is 2.84 bits per heavy atom. The summed E-state index contributed by atoms with van der Waals surface area (Å²) < 4.78 is 29.2. The third kappa shape index (κ3) is 3.62. The lowest BCUT2D eigenvalue weighted by molar-refractivity contribution is -0.384. The fourth-order valence-corrected chi connectivity index (χ4v) is 2.96. The van der Waals surface area contributed by atoms with E-state index in [0.717, 1.165) is 17.8 Å². The predicted molar refractivity (Wildman–Crippen MR) is 90.4 cm³/mol. The van der Waals surface area contributed by atoms with Crippen LogP contribution < -0.4 is 15.4 Å². The van der Waals surface area contributed by atoms with Crippen LogP contribution in [0.2, 0.25) is 0 Å². The van der Waals surface area contributed by atoms with Crippen molar-refractivity contribution < 1.29 is 18.4 Å². The number of nitrogens with zero attached hydrogens (tertiary/aromatic N) is 1. The molecule has 1 unspecified atom stereocenters. The average molecular weight is 349 g/mol. The quantitative estimate of drug-likeness (QED) is 0.599. The molecule has 0 amide bonds. The SMILES string of the molecule is CC(Nc1c([N+](=O)[O-])ccc2c1CCN2)c1cccc(OC(F)F)c1. The van der Waals surface area contributed by atoms with Crippen LogP contribution >= 0.6 is 0 Å². The van der Waals surface area contributed by atoms with Gasteiger partial charge in [0.25, 0.3) is 5.69 Å². The van der Waals surface area contributed by atoms with Crippen LogP contribution in [0.3, 0.4) is 0 Å². The van der Waals surface area contributed by atoms with E-state index in [2.05, 4.69) is 15.4 Å². The molecule has 1 atom stereocenters. The van der Waals surface area contributed by atoms with Crippen molar-refractivity contribution in [2.24, 2.45) is 0 Å². The zero-order valence-corrected chi connectivity index (χ0v) is 13.5. The molecule has 2 aromatic carbocycles. The Hall–Kier alpha value is -2.90. The minimum absolute atomic E-state index is 0.00529. The van der Waals surface area contributed by atoms with Crippen LogP contribution in [0, 0.1) is 10.1 Å². The van der Waals surface area contributed by atoms with Gasteiger partial charge in [0.1, 0.15) is 11.4 Å². The van der Waals surface area contributed by atoms with Crippen LogP contribution in [0.1, 0.15) is 24.1 Å². The molecule has 6 nitrogen and oxygen atoms in total. The molecule has 0 bridgehead atoms. The summed E-state index contributed by atoms with van der Waals surface area (Å²) in [5, 5.41) is 17.7. The Balaban J connectivity index is 1.90. The van der Waals surface area contributed by atoms with Crippen molar-refractivity contribution in [1.82, 2.24) is 0 Å². The van der Waals surface area contributed by atoms with Gasteiger partial charge in [0.2, 0.25) is 0 Å². The summed E-state index contributed by atoms with van der Waals surface area (Å²) >= 11 is 0. The molecule has 1 aliphatic heterocycles. The third-order valence-corrected chi connectivity index (χ3v) is 4.12. The predicted octanol–water partition coefficient (Wildman–Crippen LogP) is 4.34. The number of benzene rings is 2.